The molecule has 0 amide bonds. The van der Waals surface area contributed by atoms with Crippen LogP contribution in [0.1, 0.15) is 110 Å². The van der Waals surface area contributed by atoms with Crippen LogP contribution >= 0.6 is 0 Å². The van der Waals surface area contributed by atoms with Gasteiger partial charge in [0.1, 0.15) is 6.26 Å². The van der Waals surface area contributed by atoms with Crippen molar-refractivity contribution in [3.05, 3.63) is 12.3 Å². The molecule has 0 atom stereocenters. The van der Waals surface area contributed by atoms with E-state index in [0.717, 1.165) is 25.5 Å². The third-order valence-corrected chi connectivity index (χ3v) is 4.59. The van der Waals surface area contributed by atoms with Gasteiger partial charge < -0.3 is 8.74 Å². The predicted octanol–water partition coefficient (Wildman–Crippen LogP) is 3.24. The summed E-state index contributed by atoms with van der Waals surface area (Å²) in [4.78, 5) is 0. The van der Waals surface area contributed by atoms with Crippen molar-refractivity contribution in [1.82, 2.24) is 0 Å². The van der Waals surface area contributed by atoms with Gasteiger partial charge in [-0.15, -0.1) is 0 Å². The smallest absolute Gasteiger partial charge is 0.716 e. The van der Waals surface area contributed by atoms with Crippen molar-refractivity contribution in [2.24, 2.45) is 0 Å². The van der Waals surface area contributed by atoms with Crippen LogP contribution in [0.4, 0.5) is 0 Å². The molecule has 25 heavy (non-hydrogen) atoms. The van der Waals surface area contributed by atoms with Gasteiger partial charge in [-0.3, -0.25) is 0 Å². The Bertz CT molecular complexity index is 383. The van der Waals surface area contributed by atoms with E-state index in [1.807, 2.05) is 0 Å². The molecule has 0 bridgehead atoms. The molecule has 0 aliphatic heterocycles. The molecular weight excluding hydrogens is 347 g/mol. The fourth-order valence-electron chi connectivity index (χ4n) is 2.81. The predicted molar refractivity (Wildman–Crippen MR) is 99.5 cm³/mol. The zero-order valence-electron chi connectivity index (χ0n) is 16.5. The summed E-state index contributed by atoms with van der Waals surface area (Å²) in [6, 6.07) is 0. The molecule has 0 unspecified atom stereocenters. The van der Waals surface area contributed by atoms with Gasteiger partial charge in [0, 0.05) is 0 Å². The first-order chi connectivity index (χ1) is 11.6. The standard InChI is InChI=1S/C19H38O4S.Na/c1-2-3-4-5-6-7-8-9-10-11-12-13-14-15-16-17-18-19-23-24(20,21)22;/h18-19H,2-17H2,1H3,(H,20,21,22);/q;+1/p-1. The number of allylic oxidation sites excluding steroid dienone is 1. The Morgan fingerprint density at radius 2 is 1.08 bits per heavy atom. The Balaban J connectivity index is 0. The van der Waals surface area contributed by atoms with Crippen molar-refractivity contribution < 1.29 is 46.7 Å². The molecule has 0 aromatic rings. The average molecular weight is 385 g/mol. The summed E-state index contributed by atoms with van der Waals surface area (Å²) in [5.41, 5.74) is 0. The molecule has 0 aromatic carbocycles. The molecule has 0 saturated carbocycles. The molecule has 0 aromatic heterocycles. The first-order valence-electron chi connectivity index (χ1n) is 9.85. The van der Waals surface area contributed by atoms with Gasteiger partial charge in [-0.05, 0) is 18.9 Å². The van der Waals surface area contributed by atoms with Crippen molar-refractivity contribution in [2.75, 3.05) is 0 Å². The second kappa shape index (κ2) is 20.8. The second-order valence-corrected chi connectivity index (χ2v) is 7.62. The molecule has 6 heteroatoms. The summed E-state index contributed by atoms with van der Waals surface area (Å²) in [6.45, 7) is 2.26. The van der Waals surface area contributed by atoms with Crippen molar-refractivity contribution in [3.8, 4) is 0 Å². The third-order valence-electron chi connectivity index (χ3n) is 4.24. The van der Waals surface area contributed by atoms with Gasteiger partial charge in [0.15, 0.2) is 0 Å². The van der Waals surface area contributed by atoms with E-state index in [-0.39, 0.29) is 29.6 Å². The van der Waals surface area contributed by atoms with E-state index >= 15 is 0 Å². The molecule has 0 aliphatic rings. The van der Waals surface area contributed by atoms with E-state index in [0.29, 0.717) is 0 Å². The van der Waals surface area contributed by atoms with Gasteiger partial charge in [-0.25, -0.2) is 8.42 Å². The Morgan fingerprint density at radius 3 is 1.44 bits per heavy atom. The maximum Gasteiger partial charge on any atom is 1.00 e. The quantitative estimate of drug-likeness (QED) is 0.120. The minimum Gasteiger partial charge on any atom is -0.716 e. The topological polar surface area (TPSA) is 66.4 Å². The number of hydrogen-bond acceptors (Lipinski definition) is 4. The van der Waals surface area contributed by atoms with Crippen LogP contribution in [0.25, 0.3) is 0 Å². The van der Waals surface area contributed by atoms with Crippen molar-refractivity contribution in [3.63, 3.8) is 0 Å². The van der Waals surface area contributed by atoms with E-state index in [1.165, 1.54) is 83.5 Å². The minimum absolute atomic E-state index is 0. The Morgan fingerprint density at radius 1 is 0.720 bits per heavy atom. The zero-order valence-corrected chi connectivity index (χ0v) is 19.3. The molecule has 0 spiro atoms. The molecule has 0 rings (SSSR count). The van der Waals surface area contributed by atoms with E-state index in [1.54, 1.807) is 6.08 Å². The van der Waals surface area contributed by atoms with Gasteiger partial charge in [0.25, 0.3) is 10.4 Å². The van der Waals surface area contributed by atoms with E-state index < -0.39 is 10.4 Å². The maximum absolute atomic E-state index is 10.2. The van der Waals surface area contributed by atoms with Crippen LogP contribution in [0.5, 0.6) is 0 Å². The van der Waals surface area contributed by atoms with Crippen molar-refractivity contribution >= 4 is 10.4 Å². The van der Waals surface area contributed by atoms with Gasteiger partial charge >= 0.3 is 29.6 Å². The fraction of sp³-hybridized carbons (Fsp3) is 0.895. The first-order valence-corrected chi connectivity index (χ1v) is 11.2. The number of rotatable bonds is 18. The van der Waals surface area contributed by atoms with Gasteiger partial charge in [-0.1, -0.05) is 96.8 Å². The Labute approximate surface area is 178 Å². The van der Waals surface area contributed by atoms with Gasteiger partial charge in [0.05, 0.1) is 0 Å². The maximum atomic E-state index is 10.2. The second-order valence-electron chi connectivity index (χ2n) is 6.61. The van der Waals surface area contributed by atoms with Gasteiger partial charge in [-0.2, -0.15) is 0 Å². The Hall–Kier alpha value is 0.450. The average Bonchev–Trinajstić information content (AvgIpc) is 2.52. The molecule has 144 valence electrons. The minimum atomic E-state index is -4.58. The van der Waals surface area contributed by atoms with Crippen molar-refractivity contribution in [2.45, 2.75) is 110 Å². The first kappa shape index (κ1) is 27.7. The largest absolute Gasteiger partial charge is 1.00 e. The normalized spacial score (nSPS) is 11.6. The Kier molecular flexibility index (Phi) is 23.0. The van der Waals surface area contributed by atoms with Crippen LogP contribution in [-0.4, -0.2) is 13.0 Å². The molecule has 0 heterocycles. The fourth-order valence-corrected chi connectivity index (χ4v) is 3.02. The molecule has 0 aliphatic carbocycles. The van der Waals surface area contributed by atoms with E-state index in [2.05, 4.69) is 11.1 Å². The summed E-state index contributed by atoms with van der Waals surface area (Å²) in [5.74, 6) is 0. The molecule has 0 fully saturated rings. The van der Waals surface area contributed by atoms with Crippen LogP contribution in [0.15, 0.2) is 12.3 Å². The summed E-state index contributed by atoms with van der Waals surface area (Å²) in [5, 5.41) is 0. The van der Waals surface area contributed by atoms with E-state index in [9.17, 15) is 13.0 Å². The van der Waals surface area contributed by atoms with Crippen molar-refractivity contribution in [1.29, 1.82) is 0 Å². The van der Waals surface area contributed by atoms with Crippen LogP contribution in [0.3, 0.4) is 0 Å². The summed E-state index contributed by atoms with van der Waals surface area (Å²) in [7, 11) is -4.58. The number of unbranched alkanes of at least 4 members (excludes halogenated alkanes) is 15. The van der Waals surface area contributed by atoms with Crippen LogP contribution in [-0.2, 0) is 14.6 Å². The molecule has 4 nitrogen and oxygen atoms in total. The molecule has 0 N–H and O–H groups in total. The number of hydrogen-bond donors (Lipinski definition) is 0. The monoisotopic (exact) mass is 384 g/mol. The van der Waals surface area contributed by atoms with Crippen LogP contribution in [0.2, 0.25) is 0 Å². The SMILES string of the molecule is CCCCCCCCCCCCCCCCCC=COS(=O)(=O)[O-].[Na+]. The summed E-state index contributed by atoms with van der Waals surface area (Å²) in [6.07, 6.45) is 23.2. The van der Waals surface area contributed by atoms with Crippen LogP contribution in [0, 0.1) is 0 Å². The molecule has 0 saturated heterocycles. The summed E-state index contributed by atoms with van der Waals surface area (Å²) >= 11 is 0. The van der Waals surface area contributed by atoms with Crippen LogP contribution < -0.4 is 29.6 Å². The molecule has 0 radical (unpaired) electrons. The zero-order chi connectivity index (χ0) is 17.9. The molecular formula is C19H37NaO4S. The summed E-state index contributed by atoms with van der Waals surface area (Å²) < 4.78 is 34.5. The van der Waals surface area contributed by atoms with Gasteiger partial charge in [0.2, 0.25) is 0 Å². The van der Waals surface area contributed by atoms with E-state index in [4.69, 9.17) is 0 Å². The third kappa shape index (κ3) is 26.8.